The van der Waals surface area contributed by atoms with Crippen molar-refractivity contribution in [1.29, 1.82) is 5.26 Å². The highest BCUT2D eigenvalue weighted by Crippen LogP contribution is 2.11. The third-order valence-corrected chi connectivity index (χ3v) is 1.34. The van der Waals surface area contributed by atoms with Crippen LogP contribution in [-0.2, 0) is 6.42 Å². The standard InChI is InChI=1S/C8H7FN2/c9-8-2-1-7(11)5-6(8)3-4-10/h1-2,5H,3,11H2. The van der Waals surface area contributed by atoms with Gasteiger partial charge in [0.2, 0.25) is 0 Å². The molecule has 0 fully saturated rings. The molecular weight excluding hydrogens is 143 g/mol. The molecule has 0 heterocycles. The Bertz CT molecular complexity index is 301. The summed E-state index contributed by atoms with van der Waals surface area (Å²) >= 11 is 0. The zero-order chi connectivity index (χ0) is 8.27. The SMILES string of the molecule is N#CCc1cc(N)ccc1F. The largest absolute Gasteiger partial charge is 0.399 e. The van der Waals surface area contributed by atoms with Crippen molar-refractivity contribution in [2.75, 3.05) is 5.73 Å². The molecule has 11 heavy (non-hydrogen) atoms. The van der Waals surface area contributed by atoms with E-state index in [4.69, 9.17) is 11.0 Å². The Balaban J connectivity index is 3.05. The molecule has 0 spiro atoms. The van der Waals surface area contributed by atoms with Gasteiger partial charge in [-0.1, -0.05) is 0 Å². The van der Waals surface area contributed by atoms with Crippen molar-refractivity contribution in [3.63, 3.8) is 0 Å². The predicted octanol–water partition coefficient (Wildman–Crippen LogP) is 1.47. The fourth-order valence-corrected chi connectivity index (χ4v) is 0.815. The first-order valence-electron chi connectivity index (χ1n) is 3.15. The van der Waals surface area contributed by atoms with Gasteiger partial charge in [-0.3, -0.25) is 0 Å². The van der Waals surface area contributed by atoms with Gasteiger partial charge in [0.05, 0.1) is 12.5 Å². The van der Waals surface area contributed by atoms with Crippen molar-refractivity contribution in [2.45, 2.75) is 6.42 Å². The van der Waals surface area contributed by atoms with Crippen LogP contribution in [0, 0.1) is 17.1 Å². The number of rotatable bonds is 1. The number of benzene rings is 1. The van der Waals surface area contributed by atoms with Crippen molar-refractivity contribution in [1.82, 2.24) is 0 Å². The molecule has 2 nitrogen and oxygen atoms in total. The fraction of sp³-hybridized carbons (Fsp3) is 0.125. The molecular formula is C8H7FN2. The van der Waals surface area contributed by atoms with E-state index in [2.05, 4.69) is 0 Å². The Hall–Kier alpha value is -1.56. The minimum Gasteiger partial charge on any atom is -0.399 e. The van der Waals surface area contributed by atoms with E-state index in [1.165, 1.54) is 18.2 Å². The summed E-state index contributed by atoms with van der Waals surface area (Å²) in [6.45, 7) is 0. The van der Waals surface area contributed by atoms with Gasteiger partial charge < -0.3 is 5.73 Å². The summed E-state index contributed by atoms with van der Waals surface area (Å²) in [5.41, 5.74) is 6.22. The summed E-state index contributed by atoms with van der Waals surface area (Å²) in [6, 6.07) is 6.06. The van der Waals surface area contributed by atoms with Crippen LogP contribution in [0.3, 0.4) is 0 Å². The Morgan fingerprint density at radius 2 is 2.27 bits per heavy atom. The molecule has 1 rings (SSSR count). The van der Waals surface area contributed by atoms with Crippen LogP contribution in [0.4, 0.5) is 10.1 Å². The summed E-state index contributed by atoms with van der Waals surface area (Å²) in [4.78, 5) is 0. The lowest BCUT2D eigenvalue weighted by atomic mass is 10.1. The van der Waals surface area contributed by atoms with E-state index in [0.29, 0.717) is 11.3 Å². The first-order chi connectivity index (χ1) is 5.24. The number of anilines is 1. The van der Waals surface area contributed by atoms with Gasteiger partial charge in [0, 0.05) is 11.3 Å². The van der Waals surface area contributed by atoms with E-state index in [-0.39, 0.29) is 12.2 Å². The molecule has 0 radical (unpaired) electrons. The quantitative estimate of drug-likeness (QED) is 0.616. The molecule has 0 aromatic heterocycles. The number of nitrogens with zero attached hydrogens (tertiary/aromatic N) is 1. The minimum atomic E-state index is -0.374. The molecule has 1 aromatic carbocycles. The van der Waals surface area contributed by atoms with Crippen LogP contribution >= 0.6 is 0 Å². The van der Waals surface area contributed by atoms with Gasteiger partial charge in [-0.25, -0.2) is 4.39 Å². The van der Waals surface area contributed by atoms with Gasteiger partial charge in [-0.2, -0.15) is 5.26 Å². The van der Waals surface area contributed by atoms with Crippen molar-refractivity contribution in [3.05, 3.63) is 29.6 Å². The molecule has 0 saturated carbocycles. The Kier molecular flexibility index (Phi) is 2.07. The van der Waals surface area contributed by atoms with Crippen LogP contribution in [0.25, 0.3) is 0 Å². The highest BCUT2D eigenvalue weighted by atomic mass is 19.1. The topological polar surface area (TPSA) is 49.8 Å². The molecule has 0 aliphatic heterocycles. The molecule has 0 bridgehead atoms. The lowest BCUT2D eigenvalue weighted by molar-refractivity contribution is 0.615. The summed E-state index contributed by atoms with van der Waals surface area (Å²) in [7, 11) is 0. The van der Waals surface area contributed by atoms with Gasteiger partial charge in [-0.15, -0.1) is 0 Å². The second-order valence-electron chi connectivity index (χ2n) is 2.19. The van der Waals surface area contributed by atoms with E-state index >= 15 is 0 Å². The molecule has 3 heteroatoms. The molecule has 2 N–H and O–H groups in total. The van der Waals surface area contributed by atoms with Crippen LogP contribution in [0.2, 0.25) is 0 Å². The molecule has 1 aromatic rings. The van der Waals surface area contributed by atoms with Crippen LogP contribution in [0.15, 0.2) is 18.2 Å². The van der Waals surface area contributed by atoms with Gasteiger partial charge >= 0.3 is 0 Å². The van der Waals surface area contributed by atoms with E-state index in [0.717, 1.165) is 0 Å². The molecule has 0 amide bonds. The first-order valence-corrected chi connectivity index (χ1v) is 3.15. The van der Waals surface area contributed by atoms with Crippen LogP contribution in [0.5, 0.6) is 0 Å². The minimum absolute atomic E-state index is 0.0663. The summed E-state index contributed by atoms with van der Waals surface area (Å²) < 4.78 is 12.7. The zero-order valence-electron chi connectivity index (χ0n) is 5.84. The zero-order valence-corrected chi connectivity index (χ0v) is 5.84. The number of hydrogen-bond donors (Lipinski definition) is 1. The number of nitriles is 1. The number of hydrogen-bond acceptors (Lipinski definition) is 2. The lowest BCUT2D eigenvalue weighted by Crippen LogP contribution is -1.91. The molecule has 0 unspecified atom stereocenters. The molecule has 0 aliphatic rings. The maximum absolute atomic E-state index is 12.7. The molecule has 0 atom stereocenters. The Labute approximate surface area is 64.1 Å². The molecule has 56 valence electrons. The Morgan fingerprint density at radius 3 is 2.91 bits per heavy atom. The Morgan fingerprint density at radius 1 is 1.55 bits per heavy atom. The maximum Gasteiger partial charge on any atom is 0.127 e. The molecule has 0 saturated heterocycles. The summed E-state index contributed by atoms with van der Waals surface area (Å²) in [6.07, 6.45) is 0.0663. The van der Waals surface area contributed by atoms with E-state index in [1.54, 1.807) is 0 Å². The van der Waals surface area contributed by atoms with Crippen molar-refractivity contribution in [2.24, 2.45) is 0 Å². The van der Waals surface area contributed by atoms with Gasteiger partial charge in [0.1, 0.15) is 5.82 Å². The monoisotopic (exact) mass is 150 g/mol. The maximum atomic E-state index is 12.7. The van der Waals surface area contributed by atoms with E-state index in [1.807, 2.05) is 6.07 Å². The van der Waals surface area contributed by atoms with Crippen LogP contribution in [-0.4, -0.2) is 0 Å². The van der Waals surface area contributed by atoms with Crippen molar-refractivity contribution < 1.29 is 4.39 Å². The molecule has 0 aliphatic carbocycles. The predicted molar refractivity (Wildman–Crippen MR) is 40.1 cm³/mol. The van der Waals surface area contributed by atoms with Crippen molar-refractivity contribution >= 4 is 5.69 Å². The number of halogens is 1. The van der Waals surface area contributed by atoms with Crippen molar-refractivity contribution in [3.8, 4) is 6.07 Å². The van der Waals surface area contributed by atoms with E-state index in [9.17, 15) is 4.39 Å². The second-order valence-corrected chi connectivity index (χ2v) is 2.19. The summed E-state index contributed by atoms with van der Waals surface area (Å²) in [5, 5.41) is 8.28. The number of nitrogen functional groups attached to an aromatic ring is 1. The lowest BCUT2D eigenvalue weighted by Gasteiger charge is -1.97. The van der Waals surface area contributed by atoms with Gasteiger partial charge in [-0.05, 0) is 18.2 Å². The average Bonchev–Trinajstić information content (AvgIpc) is 1.98. The third kappa shape index (κ3) is 1.68. The third-order valence-electron chi connectivity index (χ3n) is 1.34. The fourth-order valence-electron chi connectivity index (χ4n) is 0.815. The van der Waals surface area contributed by atoms with E-state index < -0.39 is 0 Å². The first kappa shape index (κ1) is 7.55. The van der Waals surface area contributed by atoms with Gasteiger partial charge in [0.15, 0.2) is 0 Å². The smallest absolute Gasteiger partial charge is 0.127 e. The number of nitrogens with two attached hydrogens (primary N) is 1. The van der Waals surface area contributed by atoms with Crippen LogP contribution in [0.1, 0.15) is 5.56 Å². The highest BCUT2D eigenvalue weighted by molar-refractivity contribution is 5.42. The summed E-state index contributed by atoms with van der Waals surface area (Å²) in [5.74, 6) is -0.374. The average molecular weight is 150 g/mol. The van der Waals surface area contributed by atoms with Gasteiger partial charge in [0.25, 0.3) is 0 Å². The highest BCUT2D eigenvalue weighted by Gasteiger charge is 2.00. The normalized spacial score (nSPS) is 9.09. The van der Waals surface area contributed by atoms with Crippen LogP contribution < -0.4 is 5.73 Å². The second kappa shape index (κ2) is 3.02.